The fourth-order valence-corrected chi connectivity index (χ4v) is 2.66. The van der Waals surface area contributed by atoms with Gasteiger partial charge in [0.25, 0.3) is 5.56 Å². The molecule has 0 aliphatic carbocycles. The topological polar surface area (TPSA) is 53.2 Å². The lowest BCUT2D eigenvalue weighted by Crippen LogP contribution is -2.41. The maximum atomic E-state index is 14.5. The van der Waals surface area contributed by atoms with Gasteiger partial charge in [0.15, 0.2) is 0 Å². The highest BCUT2D eigenvalue weighted by Crippen LogP contribution is 2.29. The van der Waals surface area contributed by atoms with Gasteiger partial charge < -0.3 is 4.74 Å². The largest absolute Gasteiger partial charge is 0.457 e. The Hall–Kier alpha value is -3.36. The number of aryl methyl sites for hydroxylation is 1. The highest BCUT2D eigenvalue weighted by atomic mass is 19.4. The van der Waals surface area contributed by atoms with E-state index in [1.807, 2.05) is 0 Å². The molecule has 1 aromatic heterocycles. The SMILES string of the molecule is Cc1cc(F)c(-n2c(=O)cc(C(F)(F)F)n(C)c2=O)cc1Oc1ccccc1. The minimum absolute atomic E-state index is 0.149. The molecule has 2 aromatic carbocycles. The molecule has 0 radical (unpaired) electrons. The van der Waals surface area contributed by atoms with Gasteiger partial charge in [-0.05, 0) is 30.7 Å². The van der Waals surface area contributed by atoms with E-state index in [-0.39, 0.29) is 16.4 Å². The number of aromatic nitrogens is 2. The van der Waals surface area contributed by atoms with Gasteiger partial charge in [-0.1, -0.05) is 18.2 Å². The average molecular weight is 394 g/mol. The zero-order valence-corrected chi connectivity index (χ0v) is 14.7. The van der Waals surface area contributed by atoms with Crippen molar-refractivity contribution in [2.24, 2.45) is 7.05 Å². The first-order valence-electron chi connectivity index (χ1n) is 8.03. The van der Waals surface area contributed by atoms with Gasteiger partial charge in [-0.25, -0.2) is 13.8 Å². The van der Waals surface area contributed by atoms with Crippen LogP contribution in [0.3, 0.4) is 0 Å². The van der Waals surface area contributed by atoms with Crippen LogP contribution in [0, 0.1) is 12.7 Å². The van der Waals surface area contributed by atoms with E-state index >= 15 is 0 Å². The minimum Gasteiger partial charge on any atom is -0.457 e. The van der Waals surface area contributed by atoms with Crippen LogP contribution in [-0.4, -0.2) is 9.13 Å². The van der Waals surface area contributed by atoms with Crippen LogP contribution in [0.15, 0.2) is 58.1 Å². The number of rotatable bonds is 3. The normalized spacial score (nSPS) is 11.5. The lowest BCUT2D eigenvalue weighted by Gasteiger charge is -2.16. The Kier molecular flexibility index (Phi) is 4.84. The maximum Gasteiger partial charge on any atom is 0.431 e. The lowest BCUT2D eigenvalue weighted by atomic mass is 10.2. The molecule has 0 atom stereocenters. The standard InChI is InChI=1S/C19H14F4N2O3/c1-11-8-13(20)14(9-15(11)28-12-6-4-3-5-7-12)25-17(26)10-16(19(21,22)23)24(2)18(25)27/h3-10H,1-2H3. The maximum absolute atomic E-state index is 14.5. The average Bonchev–Trinajstić information content (AvgIpc) is 2.61. The van der Waals surface area contributed by atoms with E-state index in [0.717, 1.165) is 19.2 Å². The summed E-state index contributed by atoms with van der Waals surface area (Å²) in [7, 11) is 0.856. The van der Waals surface area contributed by atoms with Crippen molar-refractivity contribution in [3.8, 4) is 17.2 Å². The Balaban J connectivity index is 2.20. The van der Waals surface area contributed by atoms with Crippen LogP contribution in [-0.2, 0) is 13.2 Å². The van der Waals surface area contributed by atoms with Crippen molar-refractivity contribution in [1.82, 2.24) is 9.13 Å². The molecule has 0 bridgehead atoms. The number of alkyl halides is 3. The number of benzene rings is 2. The minimum atomic E-state index is -4.90. The molecule has 1 heterocycles. The van der Waals surface area contributed by atoms with E-state index in [1.165, 1.54) is 0 Å². The number of para-hydroxylation sites is 1. The number of hydrogen-bond acceptors (Lipinski definition) is 3. The van der Waals surface area contributed by atoms with Gasteiger partial charge in [0.1, 0.15) is 23.0 Å². The van der Waals surface area contributed by atoms with Crippen LogP contribution in [0.4, 0.5) is 17.6 Å². The fraction of sp³-hybridized carbons (Fsp3) is 0.158. The van der Waals surface area contributed by atoms with E-state index in [1.54, 1.807) is 37.3 Å². The predicted octanol–water partition coefficient (Wildman–Crippen LogP) is 3.79. The molecule has 0 N–H and O–H groups in total. The second kappa shape index (κ2) is 6.99. The molecular formula is C19H14F4N2O3. The fourth-order valence-electron chi connectivity index (χ4n) is 2.66. The monoisotopic (exact) mass is 394 g/mol. The molecule has 0 amide bonds. The smallest absolute Gasteiger partial charge is 0.431 e. The molecule has 0 saturated carbocycles. The zero-order chi connectivity index (χ0) is 20.6. The third-order valence-corrected chi connectivity index (χ3v) is 4.07. The second-order valence-electron chi connectivity index (χ2n) is 6.03. The second-order valence-corrected chi connectivity index (χ2v) is 6.03. The lowest BCUT2D eigenvalue weighted by molar-refractivity contribution is -0.144. The summed E-state index contributed by atoms with van der Waals surface area (Å²) in [4.78, 5) is 24.6. The summed E-state index contributed by atoms with van der Waals surface area (Å²) in [5.41, 5.74) is -4.18. The molecule has 0 spiro atoms. The first kappa shape index (κ1) is 19.4. The first-order chi connectivity index (χ1) is 13.1. The summed E-state index contributed by atoms with van der Waals surface area (Å²) in [6.07, 6.45) is -4.90. The third-order valence-electron chi connectivity index (χ3n) is 4.07. The van der Waals surface area contributed by atoms with Crippen LogP contribution < -0.4 is 16.0 Å². The quantitative estimate of drug-likeness (QED) is 0.635. The molecule has 0 fully saturated rings. The van der Waals surface area contributed by atoms with Gasteiger partial charge in [0.05, 0.1) is 5.69 Å². The molecule has 3 rings (SSSR count). The molecule has 0 saturated heterocycles. The molecule has 0 aliphatic rings. The summed E-state index contributed by atoms with van der Waals surface area (Å²) >= 11 is 0. The van der Waals surface area contributed by atoms with E-state index in [9.17, 15) is 27.2 Å². The van der Waals surface area contributed by atoms with Crippen molar-refractivity contribution in [2.75, 3.05) is 0 Å². The van der Waals surface area contributed by atoms with Gasteiger partial charge in [-0.2, -0.15) is 13.2 Å². The summed E-state index contributed by atoms with van der Waals surface area (Å²) in [6, 6.07) is 10.9. The van der Waals surface area contributed by atoms with Crippen LogP contribution in [0.25, 0.3) is 5.69 Å². The summed E-state index contributed by atoms with van der Waals surface area (Å²) in [6.45, 7) is 1.55. The summed E-state index contributed by atoms with van der Waals surface area (Å²) < 4.78 is 59.7. The highest BCUT2D eigenvalue weighted by Gasteiger charge is 2.35. The van der Waals surface area contributed by atoms with Gasteiger partial charge in [-0.15, -0.1) is 0 Å². The number of nitrogens with zero attached hydrogens (tertiary/aromatic N) is 2. The van der Waals surface area contributed by atoms with E-state index < -0.39 is 34.6 Å². The Labute approximate surface area is 156 Å². The zero-order valence-electron chi connectivity index (χ0n) is 14.7. The van der Waals surface area contributed by atoms with E-state index in [0.29, 0.717) is 15.9 Å². The molecular weight excluding hydrogens is 380 g/mol. The van der Waals surface area contributed by atoms with Crippen molar-refractivity contribution in [3.05, 3.63) is 86.4 Å². The van der Waals surface area contributed by atoms with E-state index in [4.69, 9.17) is 4.74 Å². The summed E-state index contributed by atoms with van der Waals surface area (Å²) in [5.74, 6) is -0.371. The van der Waals surface area contributed by atoms with Crippen molar-refractivity contribution >= 4 is 0 Å². The number of halogens is 4. The van der Waals surface area contributed by atoms with Crippen molar-refractivity contribution in [2.45, 2.75) is 13.1 Å². The number of ether oxygens (including phenoxy) is 1. The first-order valence-corrected chi connectivity index (χ1v) is 8.03. The third kappa shape index (κ3) is 3.55. The van der Waals surface area contributed by atoms with Crippen LogP contribution >= 0.6 is 0 Å². The highest BCUT2D eigenvalue weighted by molar-refractivity contribution is 5.47. The van der Waals surface area contributed by atoms with Crippen LogP contribution in [0.1, 0.15) is 11.3 Å². The molecule has 28 heavy (non-hydrogen) atoms. The summed E-state index contributed by atoms with van der Waals surface area (Å²) in [5, 5.41) is 0. The van der Waals surface area contributed by atoms with Crippen molar-refractivity contribution in [3.63, 3.8) is 0 Å². The van der Waals surface area contributed by atoms with Gasteiger partial charge >= 0.3 is 11.9 Å². The van der Waals surface area contributed by atoms with Crippen LogP contribution in [0.5, 0.6) is 11.5 Å². The molecule has 0 unspecified atom stereocenters. The van der Waals surface area contributed by atoms with Crippen molar-refractivity contribution < 1.29 is 22.3 Å². The molecule has 146 valence electrons. The van der Waals surface area contributed by atoms with Crippen molar-refractivity contribution in [1.29, 1.82) is 0 Å². The number of hydrogen-bond donors (Lipinski definition) is 0. The Bertz CT molecular complexity index is 1150. The molecule has 5 nitrogen and oxygen atoms in total. The van der Waals surface area contributed by atoms with E-state index in [2.05, 4.69) is 0 Å². The Morgan fingerprint density at radius 2 is 1.64 bits per heavy atom. The molecule has 9 heteroatoms. The Morgan fingerprint density at radius 3 is 2.25 bits per heavy atom. The molecule has 3 aromatic rings. The van der Waals surface area contributed by atoms with Crippen LogP contribution in [0.2, 0.25) is 0 Å². The Morgan fingerprint density at radius 1 is 1.00 bits per heavy atom. The molecule has 0 aliphatic heterocycles. The predicted molar refractivity (Wildman–Crippen MR) is 93.5 cm³/mol. The van der Waals surface area contributed by atoms with Gasteiger partial charge in [-0.3, -0.25) is 9.36 Å². The van der Waals surface area contributed by atoms with Gasteiger partial charge in [0, 0.05) is 19.2 Å². The van der Waals surface area contributed by atoms with Gasteiger partial charge in [0.2, 0.25) is 0 Å².